The number of phenols is 1. The van der Waals surface area contributed by atoms with Gasteiger partial charge in [0.1, 0.15) is 29.2 Å². The van der Waals surface area contributed by atoms with Gasteiger partial charge in [0.25, 0.3) is 5.91 Å². The highest BCUT2D eigenvalue weighted by atomic mass is 16.6. The van der Waals surface area contributed by atoms with Gasteiger partial charge < -0.3 is 35.8 Å². The molecule has 0 aliphatic rings. The fourth-order valence-electron chi connectivity index (χ4n) is 3.84. The van der Waals surface area contributed by atoms with Crippen molar-refractivity contribution in [3.05, 3.63) is 54.1 Å². The highest BCUT2D eigenvalue weighted by Crippen LogP contribution is 2.30. The van der Waals surface area contributed by atoms with Crippen LogP contribution in [0.25, 0.3) is 0 Å². The Labute approximate surface area is 228 Å². The monoisotopic (exact) mass is 542 g/mol. The largest absolute Gasteiger partial charge is 0.508 e. The molecule has 5 N–H and O–H groups in total. The molecule has 0 aliphatic carbocycles. The van der Waals surface area contributed by atoms with Crippen LogP contribution in [0.1, 0.15) is 59.1 Å². The number of rotatable bonds is 11. The van der Waals surface area contributed by atoms with Gasteiger partial charge in [-0.2, -0.15) is 0 Å². The van der Waals surface area contributed by atoms with Crippen LogP contribution < -0.4 is 21.1 Å². The number of carbonyl (C=O) groups is 4. The number of benzene rings is 2. The second-order valence-corrected chi connectivity index (χ2v) is 10.1. The zero-order chi connectivity index (χ0) is 29.3. The summed E-state index contributed by atoms with van der Waals surface area (Å²) in [7, 11) is 1.52. The van der Waals surface area contributed by atoms with Crippen molar-refractivity contribution >= 4 is 29.5 Å². The minimum absolute atomic E-state index is 0.105. The molecule has 11 heteroatoms. The van der Waals surface area contributed by atoms with Gasteiger partial charge in [0.15, 0.2) is 0 Å². The van der Waals surface area contributed by atoms with Crippen LogP contribution in [0.5, 0.6) is 11.5 Å². The van der Waals surface area contributed by atoms with Gasteiger partial charge in [0.05, 0.1) is 13.5 Å². The maximum absolute atomic E-state index is 14.0. The highest BCUT2D eigenvalue weighted by Gasteiger charge is 2.39. The number of hydrogen-bond donors (Lipinski definition) is 4. The van der Waals surface area contributed by atoms with E-state index in [2.05, 4.69) is 10.6 Å². The number of hydrogen-bond acceptors (Lipinski definition) is 7. The molecule has 0 radical (unpaired) electrons. The number of nitrogens with one attached hydrogen (secondary N) is 2. The van der Waals surface area contributed by atoms with Crippen LogP contribution in [-0.4, -0.2) is 58.6 Å². The quantitative estimate of drug-likeness (QED) is 0.338. The predicted molar refractivity (Wildman–Crippen MR) is 146 cm³/mol. The van der Waals surface area contributed by atoms with E-state index in [9.17, 15) is 24.3 Å². The number of nitrogens with zero attached hydrogens (tertiary/aromatic N) is 1. The van der Waals surface area contributed by atoms with Gasteiger partial charge in [0.2, 0.25) is 11.8 Å². The van der Waals surface area contributed by atoms with Crippen LogP contribution in [-0.2, 0) is 19.1 Å². The molecular weight excluding hydrogens is 504 g/mol. The molecule has 2 rings (SSSR count). The minimum atomic E-state index is -1.40. The van der Waals surface area contributed by atoms with Crippen LogP contribution in [0.4, 0.5) is 10.5 Å². The number of carbonyl (C=O) groups excluding carboxylic acids is 4. The Morgan fingerprint density at radius 2 is 1.72 bits per heavy atom. The van der Waals surface area contributed by atoms with Crippen molar-refractivity contribution in [3.63, 3.8) is 0 Å². The van der Waals surface area contributed by atoms with Gasteiger partial charge in [-0.25, -0.2) is 4.79 Å². The maximum atomic E-state index is 14.0. The first kappa shape index (κ1) is 30.9. The highest BCUT2D eigenvalue weighted by molar-refractivity contribution is 6.00. The number of anilines is 1. The van der Waals surface area contributed by atoms with E-state index < -0.39 is 54.0 Å². The Kier molecular flexibility index (Phi) is 10.7. The molecule has 0 saturated carbocycles. The third-order valence-corrected chi connectivity index (χ3v) is 5.78. The van der Waals surface area contributed by atoms with E-state index in [1.165, 1.54) is 24.1 Å². The van der Waals surface area contributed by atoms with Crippen LogP contribution in [0, 0.1) is 0 Å². The number of phenolic OH excluding ortho intramolecular Hbond substituents is 1. The van der Waals surface area contributed by atoms with Gasteiger partial charge >= 0.3 is 6.09 Å². The van der Waals surface area contributed by atoms with Gasteiger partial charge in [-0.1, -0.05) is 19.1 Å². The molecule has 0 saturated heterocycles. The van der Waals surface area contributed by atoms with E-state index in [4.69, 9.17) is 15.2 Å². The van der Waals surface area contributed by atoms with Crippen molar-refractivity contribution < 1.29 is 33.8 Å². The maximum Gasteiger partial charge on any atom is 0.408 e. The number of alkyl carbamates (subject to hydrolysis) is 1. The summed E-state index contributed by atoms with van der Waals surface area (Å²) in [5.41, 5.74) is 5.32. The molecule has 0 bridgehead atoms. The molecular formula is C28H38N4O7. The molecule has 3 unspecified atom stereocenters. The summed E-state index contributed by atoms with van der Waals surface area (Å²) in [5.74, 6) is -1.63. The molecule has 2 aromatic rings. The Bertz CT molecular complexity index is 1160. The van der Waals surface area contributed by atoms with Crippen LogP contribution in [0.2, 0.25) is 0 Å². The van der Waals surface area contributed by atoms with Crippen LogP contribution >= 0.6 is 0 Å². The molecule has 0 heterocycles. The average molecular weight is 543 g/mol. The van der Waals surface area contributed by atoms with Crippen molar-refractivity contribution in [1.82, 2.24) is 10.2 Å². The SMILES string of the molecule is CCC(C)N(C(=O)C(CC(N)=O)NC(=O)OC(C)(C)C)C(C(=O)Nc1ccc(OC)cc1)c1cccc(O)c1. The van der Waals surface area contributed by atoms with Gasteiger partial charge in [-0.05, 0) is 76.1 Å². The molecule has 11 nitrogen and oxygen atoms in total. The Balaban J connectivity index is 2.55. The fraction of sp³-hybridized carbons (Fsp3) is 0.429. The topological polar surface area (TPSA) is 160 Å². The summed E-state index contributed by atoms with van der Waals surface area (Å²) in [6.07, 6.45) is -0.993. The third kappa shape index (κ3) is 9.20. The molecule has 0 aliphatic heterocycles. The Morgan fingerprint density at radius 3 is 2.23 bits per heavy atom. The number of aromatic hydroxyl groups is 1. The normalized spacial score (nSPS) is 13.4. The van der Waals surface area contributed by atoms with Gasteiger partial charge in [-0.15, -0.1) is 0 Å². The van der Waals surface area contributed by atoms with Crippen LogP contribution in [0.3, 0.4) is 0 Å². The second kappa shape index (κ2) is 13.5. The van der Waals surface area contributed by atoms with Crippen molar-refractivity contribution in [2.75, 3.05) is 12.4 Å². The van der Waals surface area contributed by atoms with E-state index in [0.717, 1.165) is 0 Å². The molecule has 2 aromatic carbocycles. The lowest BCUT2D eigenvalue weighted by Crippen LogP contribution is -2.55. The van der Waals surface area contributed by atoms with E-state index >= 15 is 0 Å². The first-order valence-corrected chi connectivity index (χ1v) is 12.6. The summed E-state index contributed by atoms with van der Waals surface area (Å²) in [6.45, 7) is 8.54. The Hall–Kier alpha value is -4.28. The second-order valence-electron chi connectivity index (χ2n) is 10.1. The molecule has 39 heavy (non-hydrogen) atoms. The molecule has 4 amide bonds. The van der Waals surface area contributed by atoms with E-state index in [1.54, 1.807) is 64.1 Å². The van der Waals surface area contributed by atoms with Crippen molar-refractivity contribution in [2.45, 2.75) is 71.2 Å². The number of nitrogens with two attached hydrogens (primary N) is 1. The van der Waals surface area contributed by atoms with E-state index in [-0.39, 0.29) is 5.75 Å². The van der Waals surface area contributed by atoms with Crippen molar-refractivity contribution in [1.29, 1.82) is 0 Å². The summed E-state index contributed by atoms with van der Waals surface area (Å²) in [4.78, 5) is 53.5. The Morgan fingerprint density at radius 1 is 1.08 bits per heavy atom. The number of amides is 4. The number of ether oxygens (including phenoxy) is 2. The standard InChI is InChI=1S/C28H38N4O7/c1-7-17(2)32(26(36)22(16-23(29)34)31-27(37)39-28(3,4)5)24(18-9-8-10-20(33)15-18)25(35)30-19-11-13-21(38-6)14-12-19/h8-15,17,22,24,33H,7,16H2,1-6H3,(H2,29,34)(H,30,35)(H,31,37). The summed E-state index contributed by atoms with van der Waals surface area (Å²) >= 11 is 0. The van der Waals surface area contributed by atoms with E-state index in [1.807, 2.05) is 6.92 Å². The first-order chi connectivity index (χ1) is 18.2. The number of primary amides is 1. The molecule has 0 fully saturated rings. The summed E-state index contributed by atoms with van der Waals surface area (Å²) in [5, 5.41) is 15.4. The fourth-order valence-corrected chi connectivity index (χ4v) is 3.84. The van der Waals surface area contributed by atoms with Crippen molar-refractivity contribution in [3.8, 4) is 11.5 Å². The predicted octanol–water partition coefficient (Wildman–Crippen LogP) is 3.48. The lowest BCUT2D eigenvalue weighted by atomic mass is 9.99. The average Bonchev–Trinajstić information content (AvgIpc) is 2.84. The summed E-state index contributed by atoms with van der Waals surface area (Å²) in [6, 6.07) is 9.44. The summed E-state index contributed by atoms with van der Waals surface area (Å²) < 4.78 is 10.4. The first-order valence-electron chi connectivity index (χ1n) is 12.6. The molecule has 3 atom stereocenters. The minimum Gasteiger partial charge on any atom is -0.508 e. The van der Waals surface area contributed by atoms with Crippen molar-refractivity contribution in [2.24, 2.45) is 5.73 Å². The zero-order valence-corrected chi connectivity index (χ0v) is 23.2. The molecule has 0 spiro atoms. The number of methoxy groups -OCH3 is 1. The van der Waals surface area contributed by atoms with Crippen LogP contribution in [0.15, 0.2) is 48.5 Å². The van der Waals surface area contributed by atoms with Gasteiger partial charge in [0, 0.05) is 11.7 Å². The lowest BCUT2D eigenvalue weighted by Gasteiger charge is -2.38. The lowest BCUT2D eigenvalue weighted by molar-refractivity contribution is -0.144. The third-order valence-electron chi connectivity index (χ3n) is 5.78. The van der Waals surface area contributed by atoms with Gasteiger partial charge in [-0.3, -0.25) is 14.4 Å². The molecule has 0 aromatic heterocycles. The zero-order valence-electron chi connectivity index (χ0n) is 23.2. The molecule has 212 valence electrons. The smallest absolute Gasteiger partial charge is 0.408 e. The van der Waals surface area contributed by atoms with E-state index in [0.29, 0.717) is 23.4 Å².